The molecule has 0 bridgehead atoms. The largest absolute Gasteiger partial charge is 0.450 e. The van der Waals surface area contributed by atoms with Crippen LogP contribution in [0.25, 0.3) is 0 Å². The molecule has 4 heteroatoms. The van der Waals surface area contributed by atoms with Gasteiger partial charge in [-0.15, -0.1) is 0 Å². The molecule has 4 aromatic rings. The lowest BCUT2D eigenvalue weighted by Gasteiger charge is -2.43. The molecule has 28 heavy (non-hydrogen) atoms. The van der Waals surface area contributed by atoms with E-state index in [2.05, 4.69) is 57.6 Å². The number of ether oxygens (including phenoxy) is 1. The topological polar surface area (TPSA) is 34.4 Å². The van der Waals surface area contributed by atoms with Crippen molar-refractivity contribution in [2.75, 3.05) is 5.32 Å². The Morgan fingerprint density at radius 3 is 1.93 bits per heavy atom. The lowest BCUT2D eigenvalue weighted by atomic mass is 9.78. The molecular formula is C24H18BrNO2. The van der Waals surface area contributed by atoms with Crippen LogP contribution in [0.4, 0.5) is 5.69 Å². The normalized spacial score (nSPS) is 17.5. The van der Waals surface area contributed by atoms with E-state index in [9.17, 15) is 0 Å². The molecule has 0 spiro atoms. The number of furan rings is 1. The maximum absolute atomic E-state index is 6.85. The van der Waals surface area contributed by atoms with Crippen LogP contribution in [-0.2, 0) is 10.3 Å². The van der Waals surface area contributed by atoms with Crippen LogP contribution in [0.3, 0.4) is 0 Å². The van der Waals surface area contributed by atoms with Crippen molar-refractivity contribution in [2.24, 2.45) is 0 Å². The Bertz CT molecular complexity index is 1050. The average Bonchev–Trinajstić information content (AvgIpc) is 3.20. The van der Waals surface area contributed by atoms with Crippen molar-refractivity contribution < 1.29 is 9.15 Å². The molecule has 1 aliphatic heterocycles. The van der Waals surface area contributed by atoms with Gasteiger partial charge in [0.05, 0.1) is 0 Å². The first-order chi connectivity index (χ1) is 13.8. The van der Waals surface area contributed by atoms with Crippen LogP contribution in [0.1, 0.15) is 28.7 Å². The highest BCUT2D eigenvalue weighted by Crippen LogP contribution is 2.50. The van der Waals surface area contributed by atoms with Crippen molar-refractivity contribution in [1.82, 2.24) is 0 Å². The van der Waals surface area contributed by atoms with E-state index in [1.807, 2.05) is 60.7 Å². The number of hydrogen-bond acceptors (Lipinski definition) is 3. The molecular weight excluding hydrogens is 414 g/mol. The van der Waals surface area contributed by atoms with Crippen molar-refractivity contribution in [3.63, 3.8) is 0 Å². The highest BCUT2D eigenvalue weighted by atomic mass is 79.9. The third kappa shape index (κ3) is 2.77. The van der Waals surface area contributed by atoms with Crippen molar-refractivity contribution in [1.29, 1.82) is 0 Å². The monoisotopic (exact) mass is 431 g/mol. The smallest absolute Gasteiger partial charge is 0.188 e. The second-order valence-electron chi connectivity index (χ2n) is 6.74. The number of benzene rings is 3. The quantitative estimate of drug-likeness (QED) is 0.403. The minimum absolute atomic E-state index is 0.429. The van der Waals surface area contributed by atoms with Gasteiger partial charge in [0.1, 0.15) is 5.60 Å². The number of fused-ring (bicyclic) bond motifs is 1. The molecule has 3 nitrogen and oxygen atoms in total. The van der Waals surface area contributed by atoms with Crippen LogP contribution in [0.15, 0.2) is 106 Å². The Morgan fingerprint density at radius 1 is 0.714 bits per heavy atom. The van der Waals surface area contributed by atoms with E-state index in [1.165, 1.54) is 0 Å². The summed E-state index contributed by atoms with van der Waals surface area (Å²) in [5.74, 6) is 0.720. The van der Waals surface area contributed by atoms with Crippen LogP contribution in [0, 0.1) is 0 Å². The number of hydrogen-bond donors (Lipinski definition) is 1. The number of rotatable bonds is 3. The molecule has 1 atom stereocenters. The summed E-state index contributed by atoms with van der Waals surface area (Å²) >= 11 is 3.40. The van der Waals surface area contributed by atoms with Gasteiger partial charge in [-0.05, 0) is 45.3 Å². The fourth-order valence-electron chi connectivity index (χ4n) is 3.88. The van der Waals surface area contributed by atoms with Crippen molar-refractivity contribution in [3.05, 3.63) is 124 Å². The van der Waals surface area contributed by atoms with Gasteiger partial charge in [-0.1, -0.05) is 78.9 Å². The van der Waals surface area contributed by atoms with Crippen LogP contribution >= 0.6 is 15.9 Å². The lowest BCUT2D eigenvalue weighted by Crippen LogP contribution is -2.40. The zero-order chi connectivity index (χ0) is 19.0. The van der Waals surface area contributed by atoms with Gasteiger partial charge in [-0.25, -0.2) is 0 Å². The molecule has 138 valence electrons. The highest BCUT2D eigenvalue weighted by Gasteiger charge is 2.45. The van der Waals surface area contributed by atoms with Gasteiger partial charge >= 0.3 is 0 Å². The predicted molar refractivity (Wildman–Crippen MR) is 113 cm³/mol. The summed E-state index contributed by atoms with van der Waals surface area (Å²) in [5, 5.41) is 3.48. The van der Waals surface area contributed by atoms with Gasteiger partial charge in [0.15, 0.2) is 16.7 Å². The third-order valence-corrected chi connectivity index (χ3v) is 5.53. The molecule has 5 rings (SSSR count). The molecule has 0 amide bonds. The number of anilines is 1. The van der Waals surface area contributed by atoms with E-state index < -0.39 is 11.8 Å². The van der Waals surface area contributed by atoms with Crippen LogP contribution in [0.2, 0.25) is 0 Å². The molecule has 0 radical (unpaired) electrons. The zero-order valence-corrected chi connectivity index (χ0v) is 16.6. The Labute approximate surface area is 172 Å². The maximum Gasteiger partial charge on any atom is 0.188 e. The highest BCUT2D eigenvalue weighted by molar-refractivity contribution is 9.10. The second-order valence-corrected chi connectivity index (χ2v) is 7.52. The van der Waals surface area contributed by atoms with Gasteiger partial charge in [0.25, 0.3) is 0 Å². The molecule has 0 saturated heterocycles. The molecule has 2 heterocycles. The standard InChI is InChI=1S/C24H18BrNO2/c25-22-16-15-21(27-22)23-26-20-14-8-7-13-19(20)24(28-23,17-9-3-1-4-10-17)18-11-5-2-6-12-18/h1-16,23,26H/t23-/m1/s1. The molecule has 1 aromatic heterocycles. The van der Waals surface area contributed by atoms with Gasteiger partial charge in [-0.2, -0.15) is 0 Å². The first-order valence-electron chi connectivity index (χ1n) is 9.17. The molecule has 1 N–H and O–H groups in total. The summed E-state index contributed by atoms with van der Waals surface area (Å²) in [6.45, 7) is 0. The first kappa shape index (κ1) is 17.3. The van der Waals surface area contributed by atoms with Gasteiger partial charge in [-0.3, -0.25) is 0 Å². The second kappa shape index (κ2) is 6.97. The predicted octanol–water partition coefficient (Wildman–Crippen LogP) is 6.47. The van der Waals surface area contributed by atoms with Gasteiger partial charge in [0.2, 0.25) is 0 Å². The number of halogens is 1. The van der Waals surface area contributed by atoms with Crippen LogP contribution in [-0.4, -0.2) is 0 Å². The Kier molecular flexibility index (Phi) is 4.30. The number of para-hydroxylation sites is 1. The van der Waals surface area contributed by atoms with E-state index >= 15 is 0 Å². The Morgan fingerprint density at radius 2 is 1.32 bits per heavy atom. The van der Waals surface area contributed by atoms with Crippen molar-refractivity contribution >= 4 is 21.6 Å². The summed E-state index contributed by atoms with van der Waals surface area (Å²) in [6, 6.07) is 32.8. The van der Waals surface area contributed by atoms with Crippen molar-refractivity contribution in [2.45, 2.75) is 11.8 Å². The fraction of sp³-hybridized carbons (Fsp3) is 0.0833. The minimum atomic E-state index is -0.756. The molecule has 1 aliphatic rings. The molecule has 0 unspecified atom stereocenters. The molecule has 0 saturated carbocycles. The van der Waals surface area contributed by atoms with Gasteiger partial charge < -0.3 is 14.5 Å². The van der Waals surface area contributed by atoms with E-state index in [1.54, 1.807) is 0 Å². The third-order valence-electron chi connectivity index (χ3n) is 5.10. The Hall–Kier alpha value is -2.82. The number of nitrogens with one attached hydrogen (secondary N) is 1. The minimum Gasteiger partial charge on any atom is -0.450 e. The van der Waals surface area contributed by atoms with E-state index in [0.717, 1.165) is 28.1 Å². The van der Waals surface area contributed by atoms with E-state index in [-0.39, 0.29) is 0 Å². The summed E-state index contributed by atoms with van der Waals surface area (Å²) in [7, 11) is 0. The van der Waals surface area contributed by atoms with Crippen LogP contribution < -0.4 is 5.32 Å². The first-order valence-corrected chi connectivity index (χ1v) is 9.97. The summed E-state index contributed by atoms with van der Waals surface area (Å²) in [4.78, 5) is 0. The zero-order valence-electron chi connectivity index (χ0n) is 15.0. The van der Waals surface area contributed by atoms with Crippen LogP contribution in [0.5, 0.6) is 0 Å². The van der Waals surface area contributed by atoms with E-state index in [4.69, 9.17) is 9.15 Å². The molecule has 0 aliphatic carbocycles. The lowest BCUT2D eigenvalue weighted by molar-refractivity contribution is -0.0523. The van der Waals surface area contributed by atoms with E-state index in [0.29, 0.717) is 4.67 Å². The van der Waals surface area contributed by atoms with Gasteiger partial charge in [0, 0.05) is 11.3 Å². The summed E-state index contributed by atoms with van der Waals surface area (Å²) in [5.41, 5.74) is 3.50. The average molecular weight is 432 g/mol. The van der Waals surface area contributed by atoms with Crippen molar-refractivity contribution in [3.8, 4) is 0 Å². The fourth-order valence-corrected chi connectivity index (χ4v) is 4.20. The summed E-state index contributed by atoms with van der Waals surface area (Å²) < 4.78 is 13.4. The SMILES string of the molecule is Brc1ccc([C@@H]2Nc3ccccc3C(c3ccccc3)(c3ccccc3)O2)o1. The molecule has 3 aromatic carbocycles. The maximum atomic E-state index is 6.85. The Balaban J connectivity index is 1.78. The summed E-state index contributed by atoms with van der Waals surface area (Å²) in [6.07, 6.45) is -0.429. The molecule has 0 fully saturated rings.